The van der Waals surface area contributed by atoms with Crippen molar-refractivity contribution in [3.63, 3.8) is 0 Å². The molecule has 2 aliphatic heterocycles. The van der Waals surface area contributed by atoms with E-state index in [-0.39, 0.29) is 24.8 Å². The van der Waals surface area contributed by atoms with Gasteiger partial charge in [0.2, 0.25) is 0 Å². The van der Waals surface area contributed by atoms with Crippen LogP contribution in [-0.4, -0.2) is 52.8 Å². The van der Waals surface area contributed by atoms with Crippen LogP contribution in [0, 0.1) is 0 Å². The van der Waals surface area contributed by atoms with Gasteiger partial charge in [-0.1, -0.05) is 11.6 Å². The summed E-state index contributed by atoms with van der Waals surface area (Å²) in [6, 6.07) is 6.34. The van der Waals surface area contributed by atoms with Crippen LogP contribution in [0.1, 0.15) is 5.82 Å². The molecule has 2 saturated heterocycles. The quantitative estimate of drug-likeness (QED) is 0.869. The van der Waals surface area contributed by atoms with Crippen LogP contribution in [0.5, 0.6) is 0 Å². The Balaban J connectivity index is 0.000000960. The molecule has 0 saturated carbocycles. The number of hydrogen-bond donors (Lipinski definition) is 1. The Morgan fingerprint density at radius 2 is 2.17 bits per heavy atom. The zero-order chi connectivity index (χ0) is 14.4. The van der Waals surface area contributed by atoms with Gasteiger partial charge in [0, 0.05) is 31.7 Å². The van der Waals surface area contributed by atoms with Crippen molar-refractivity contribution in [2.75, 3.05) is 26.2 Å². The molecule has 2 fully saturated rings. The number of fused-ring (bicyclic) bond motifs is 2. The molecule has 5 nitrogen and oxygen atoms in total. The number of rotatable bonds is 2. The van der Waals surface area contributed by atoms with Crippen LogP contribution in [-0.2, 0) is 18.3 Å². The lowest BCUT2D eigenvalue weighted by atomic mass is 10.1. The van der Waals surface area contributed by atoms with Crippen molar-refractivity contribution in [1.29, 1.82) is 0 Å². The van der Waals surface area contributed by atoms with Gasteiger partial charge in [0.1, 0.15) is 5.82 Å². The van der Waals surface area contributed by atoms with E-state index in [4.69, 9.17) is 21.3 Å². The summed E-state index contributed by atoms with van der Waals surface area (Å²) in [5, 5.41) is 4.15. The van der Waals surface area contributed by atoms with Gasteiger partial charge in [-0.3, -0.25) is 4.90 Å². The minimum Gasteiger partial charge on any atom is -0.374 e. The van der Waals surface area contributed by atoms with E-state index in [9.17, 15) is 0 Å². The number of ether oxygens (including phenoxy) is 1. The molecule has 8 heteroatoms. The molecule has 0 amide bonds. The van der Waals surface area contributed by atoms with Gasteiger partial charge in [0.25, 0.3) is 0 Å². The largest absolute Gasteiger partial charge is 0.374 e. The molecule has 0 spiro atoms. The van der Waals surface area contributed by atoms with Crippen LogP contribution in [0.15, 0.2) is 18.2 Å². The number of aryl methyl sites for hydroxylation is 1. The van der Waals surface area contributed by atoms with Gasteiger partial charge in [0.15, 0.2) is 0 Å². The molecule has 1 aromatic heterocycles. The molecule has 0 aliphatic carbocycles. The zero-order valence-corrected chi connectivity index (χ0v) is 15.3. The molecule has 4 rings (SSSR count). The first-order valence-electron chi connectivity index (χ1n) is 7.39. The molecule has 128 valence electrons. The van der Waals surface area contributed by atoms with E-state index in [1.54, 1.807) is 0 Å². The van der Waals surface area contributed by atoms with E-state index in [1.165, 1.54) is 0 Å². The van der Waals surface area contributed by atoms with Gasteiger partial charge in [-0.25, -0.2) is 4.98 Å². The molecular formula is C15H21Cl3N4O. The summed E-state index contributed by atoms with van der Waals surface area (Å²) < 4.78 is 7.99. The van der Waals surface area contributed by atoms with E-state index in [1.807, 2.05) is 18.2 Å². The molecule has 2 aromatic rings. The highest BCUT2D eigenvalue weighted by molar-refractivity contribution is 6.31. The van der Waals surface area contributed by atoms with Crippen LogP contribution in [0.3, 0.4) is 0 Å². The normalized spacial score (nSPS) is 24.1. The number of morpholine rings is 1. The summed E-state index contributed by atoms with van der Waals surface area (Å²) in [4.78, 5) is 7.24. The molecule has 0 bridgehead atoms. The van der Waals surface area contributed by atoms with Gasteiger partial charge in [-0.2, -0.15) is 0 Å². The first-order chi connectivity index (χ1) is 10.2. The van der Waals surface area contributed by atoms with Gasteiger partial charge in [-0.15, -0.1) is 24.8 Å². The standard InChI is InChI=1S/C15H19ClN4O.2ClH/c1-19-12-3-2-10(16)6-11(12)18-15(19)9-20-4-5-21-14-8-17-7-13(14)20;;/h2-3,6,13-14,17H,4-5,7-9H2,1H3;2*1H/t13-,14+;;/m1../s1. The number of benzene rings is 1. The van der Waals surface area contributed by atoms with Crippen molar-refractivity contribution < 1.29 is 4.74 Å². The molecule has 1 N–H and O–H groups in total. The van der Waals surface area contributed by atoms with Crippen molar-refractivity contribution in [2.24, 2.45) is 7.05 Å². The lowest BCUT2D eigenvalue weighted by molar-refractivity contribution is -0.0510. The van der Waals surface area contributed by atoms with E-state index in [0.29, 0.717) is 12.1 Å². The van der Waals surface area contributed by atoms with Crippen LogP contribution < -0.4 is 5.32 Å². The highest BCUT2D eigenvalue weighted by atomic mass is 35.5. The van der Waals surface area contributed by atoms with Gasteiger partial charge >= 0.3 is 0 Å². The smallest absolute Gasteiger partial charge is 0.123 e. The van der Waals surface area contributed by atoms with Gasteiger partial charge < -0.3 is 14.6 Å². The maximum absolute atomic E-state index is 6.06. The predicted molar refractivity (Wildman–Crippen MR) is 97.0 cm³/mol. The van der Waals surface area contributed by atoms with E-state index >= 15 is 0 Å². The third-order valence-electron chi connectivity index (χ3n) is 4.59. The van der Waals surface area contributed by atoms with E-state index in [2.05, 4.69) is 21.8 Å². The summed E-state index contributed by atoms with van der Waals surface area (Å²) in [5.41, 5.74) is 2.10. The van der Waals surface area contributed by atoms with Crippen LogP contribution in [0.25, 0.3) is 11.0 Å². The Hall–Kier alpha value is -0.560. The second-order valence-corrected chi connectivity index (χ2v) is 6.26. The van der Waals surface area contributed by atoms with Crippen molar-refractivity contribution in [3.8, 4) is 0 Å². The summed E-state index contributed by atoms with van der Waals surface area (Å²) in [6.07, 6.45) is 0.322. The predicted octanol–water partition coefficient (Wildman–Crippen LogP) is 2.24. The maximum atomic E-state index is 6.06. The molecule has 1 aromatic carbocycles. The minimum atomic E-state index is 0. The number of aromatic nitrogens is 2. The Labute approximate surface area is 153 Å². The first kappa shape index (κ1) is 18.8. The Bertz CT molecular complexity index is 678. The monoisotopic (exact) mass is 378 g/mol. The fraction of sp³-hybridized carbons (Fsp3) is 0.533. The molecule has 0 radical (unpaired) electrons. The second kappa shape index (κ2) is 7.55. The van der Waals surface area contributed by atoms with Gasteiger partial charge in [-0.05, 0) is 18.2 Å². The fourth-order valence-electron chi connectivity index (χ4n) is 3.40. The molecule has 3 heterocycles. The third-order valence-corrected chi connectivity index (χ3v) is 4.82. The van der Waals surface area contributed by atoms with Crippen LogP contribution >= 0.6 is 36.4 Å². The summed E-state index contributed by atoms with van der Waals surface area (Å²) >= 11 is 6.06. The third kappa shape index (κ3) is 3.45. The molecular weight excluding hydrogens is 359 g/mol. The van der Waals surface area contributed by atoms with Crippen molar-refractivity contribution in [3.05, 3.63) is 29.0 Å². The lowest BCUT2D eigenvalue weighted by Gasteiger charge is -2.36. The zero-order valence-electron chi connectivity index (χ0n) is 12.9. The topological polar surface area (TPSA) is 42.3 Å². The second-order valence-electron chi connectivity index (χ2n) is 5.83. The molecule has 2 aliphatic rings. The molecule has 2 atom stereocenters. The number of nitrogens with zero attached hydrogens (tertiary/aromatic N) is 3. The summed E-state index contributed by atoms with van der Waals surface area (Å²) in [7, 11) is 2.07. The number of hydrogen-bond acceptors (Lipinski definition) is 4. The molecule has 23 heavy (non-hydrogen) atoms. The van der Waals surface area contributed by atoms with Gasteiger partial charge in [0.05, 0.1) is 36.3 Å². The summed E-state index contributed by atoms with van der Waals surface area (Å²) in [5.74, 6) is 1.08. The Morgan fingerprint density at radius 1 is 1.35 bits per heavy atom. The average molecular weight is 380 g/mol. The van der Waals surface area contributed by atoms with Crippen LogP contribution in [0.2, 0.25) is 5.02 Å². The minimum absolute atomic E-state index is 0. The average Bonchev–Trinajstić information content (AvgIpc) is 3.05. The fourth-order valence-corrected chi connectivity index (χ4v) is 3.57. The Morgan fingerprint density at radius 3 is 3.00 bits per heavy atom. The van der Waals surface area contributed by atoms with E-state index < -0.39 is 0 Å². The highest BCUT2D eigenvalue weighted by Crippen LogP contribution is 2.23. The SMILES string of the molecule is Cl.Cl.Cn1c(CN2CCO[C@H]3CNC[C@H]32)nc2cc(Cl)ccc21. The number of imidazole rings is 1. The Kier molecular flexibility index (Phi) is 6.16. The van der Waals surface area contributed by atoms with Crippen molar-refractivity contribution >= 4 is 47.4 Å². The maximum Gasteiger partial charge on any atom is 0.123 e. The number of nitrogens with one attached hydrogen (secondary N) is 1. The molecule has 0 unspecified atom stereocenters. The van der Waals surface area contributed by atoms with E-state index in [0.717, 1.165) is 54.7 Å². The number of halogens is 3. The summed E-state index contributed by atoms with van der Waals surface area (Å²) in [6.45, 7) is 4.58. The van der Waals surface area contributed by atoms with Crippen LogP contribution in [0.4, 0.5) is 0 Å². The lowest BCUT2D eigenvalue weighted by Crippen LogP contribution is -2.50. The van der Waals surface area contributed by atoms with Crippen molar-refractivity contribution in [2.45, 2.75) is 18.7 Å². The highest BCUT2D eigenvalue weighted by Gasteiger charge is 2.36. The van der Waals surface area contributed by atoms with Crippen molar-refractivity contribution in [1.82, 2.24) is 19.8 Å². The first-order valence-corrected chi connectivity index (χ1v) is 7.77.